The molecule has 1 aliphatic carbocycles. The van der Waals surface area contributed by atoms with Crippen LogP contribution in [-0.4, -0.2) is 46.3 Å². The summed E-state index contributed by atoms with van der Waals surface area (Å²) in [7, 11) is -0.488. The highest BCUT2D eigenvalue weighted by Crippen LogP contribution is 2.28. The number of benzene rings is 1. The largest absolute Gasteiger partial charge is 0.497 e. The number of carbonyl (C=O) groups excluding carboxylic acids is 2. The molecule has 1 amide bonds. The Labute approximate surface area is 159 Å². The minimum atomic E-state index is -3.24. The van der Waals surface area contributed by atoms with E-state index in [4.69, 9.17) is 9.47 Å². The number of rotatable bonds is 7. The maximum Gasteiger partial charge on any atom is 0.340 e. The molecule has 150 valence electrons. The fraction of sp³-hybridized carbons (Fsp3) is 0.556. The summed E-state index contributed by atoms with van der Waals surface area (Å²) in [5.74, 6) is -0.470. The van der Waals surface area contributed by atoms with Gasteiger partial charge in [0.05, 0.1) is 31.2 Å². The van der Waals surface area contributed by atoms with Crippen LogP contribution in [0.15, 0.2) is 18.2 Å². The molecule has 0 aromatic heterocycles. The lowest BCUT2D eigenvalue weighted by atomic mass is 9.86. The highest BCUT2D eigenvalue weighted by atomic mass is 32.2. The van der Waals surface area contributed by atoms with E-state index in [1.165, 1.54) is 20.3 Å². The van der Waals surface area contributed by atoms with Gasteiger partial charge in [-0.3, -0.25) is 4.79 Å². The number of esters is 1. The zero-order chi connectivity index (χ0) is 20.0. The molecule has 9 heteroatoms. The van der Waals surface area contributed by atoms with Crippen LogP contribution < -0.4 is 14.8 Å². The predicted molar refractivity (Wildman–Crippen MR) is 101 cm³/mol. The standard InChI is InChI=1S/C18H26N2O6S/c1-4-27(23,24)20-13-7-5-12(6-8-13)17(21)19-16-10-9-14(25-2)11-15(16)18(22)26-3/h9-13,20H,4-8H2,1-3H3,(H,19,21)/t12-,13-. The summed E-state index contributed by atoms with van der Waals surface area (Å²) in [5, 5.41) is 2.79. The van der Waals surface area contributed by atoms with Crippen LogP contribution in [0.4, 0.5) is 5.69 Å². The summed E-state index contributed by atoms with van der Waals surface area (Å²) < 4.78 is 35.9. The molecule has 1 aliphatic rings. The molecule has 1 aromatic rings. The average Bonchev–Trinajstić information content (AvgIpc) is 2.67. The molecule has 1 aromatic carbocycles. The van der Waals surface area contributed by atoms with E-state index in [1.54, 1.807) is 19.1 Å². The minimum Gasteiger partial charge on any atom is -0.497 e. The van der Waals surface area contributed by atoms with E-state index >= 15 is 0 Å². The fourth-order valence-electron chi connectivity index (χ4n) is 3.08. The SMILES string of the molecule is CCS(=O)(=O)N[C@H]1CC[C@H](C(=O)Nc2ccc(OC)cc2C(=O)OC)CC1. The van der Waals surface area contributed by atoms with Crippen LogP contribution in [0, 0.1) is 5.92 Å². The highest BCUT2D eigenvalue weighted by molar-refractivity contribution is 7.89. The van der Waals surface area contributed by atoms with Gasteiger partial charge < -0.3 is 14.8 Å². The van der Waals surface area contributed by atoms with Gasteiger partial charge in [-0.05, 0) is 50.8 Å². The molecular weight excluding hydrogens is 372 g/mol. The number of anilines is 1. The zero-order valence-corrected chi connectivity index (χ0v) is 16.6. The number of nitrogens with one attached hydrogen (secondary N) is 2. The Kier molecular flexibility index (Phi) is 7.20. The molecular formula is C18H26N2O6S. The van der Waals surface area contributed by atoms with Gasteiger partial charge in [-0.1, -0.05) is 0 Å². The molecule has 0 aliphatic heterocycles. The quantitative estimate of drug-likeness (QED) is 0.679. The van der Waals surface area contributed by atoms with Gasteiger partial charge in [0.1, 0.15) is 5.75 Å². The minimum absolute atomic E-state index is 0.0428. The first-order valence-corrected chi connectivity index (χ1v) is 10.5. The predicted octanol–water partition coefficient (Wildman–Crippen LogP) is 1.92. The molecule has 0 spiro atoms. The molecule has 1 fully saturated rings. The Morgan fingerprint density at radius 3 is 2.37 bits per heavy atom. The lowest BCUT2D eigenvalue weighted by Crippen LogP contribution is -2.40. The van der Waals surface area contributed by atoms with Crippen molar-refractivity contribution in [1.82, 2.24) is 4.72 Å². The molecule has 0 bridgehead atoms. The molecule has 8 nitrogen and oxygen atoms in total. The second-order valence-electron chi connectivity index (χ2n) is 6.46. The number of amides is 1. The van der Waals surface area contributed by atoms with Crippen molar-refractivity contribution in [2.75, 3.05) is 25.3 Å². The second kappa shape index (κ2) is 9.18. The van der Waals surface area contributed by atoms with Crippen molar-refractivity contribution in [3.05, 3.63) is 23.8 Å². The van der Waals surface area contributed by atoms with Crippen LogP contribution in [0.2, 0.25) is 0 Å². The molecule has 2 rings (SSSR count). The van der Waals surface area contributed by atoms with E-state index < -0.39 is 16.0 Å². The van der Waals surface area contributed by atoms with Crippen molar-refractivity contribution in [2.24, 2.45) is 5.92 Å². The highest BCUT2D eigenvalue weighted by Gasteiger charge is 2.29. The first-order chi connectivity index (χ1) is 12.8. The number of methoxy groups -OCH3 is 2. The van der Waals surface area contributed by atoms with Gasteiger partial charge in [0.2, 0.25) is 15.9 Å². The number of ether oxygens (including phenoxy) is 2. The Bertz CT molecular complexity index is 785. The van der Waals surface area contributed by atoms with E-state index in [0.29, 0.717) is 37.1 Å². The molecule has 0 heterocycles. The Hall–Kier alpha value is -2.13. The van der Waals surface area contributed by atoms with Crippen LogP contribution in [-0.2, 0) is 19.6 Å². The van der Waals surface area contributed by atoms with Crippen molar-refractivity contribution >= 4 is 27.6 Å². The lowest BCUT2D eigenvalue weighted by Gasteiger charge is -2.28. The van der Waals surface area contributed by atoms with Gasteiger partial charge in [0.15, 0.2) is 0 Å². The number of hydrogen-bond donors (Lipinski definition) is 2. The molecule has 0 atom stereocenters. The first kappa shape index (κ1) is 21.2. The summed E-state index contributed by atoms with van der Waals surface area (Å²) in [4.78, 5) is 24.6. The number of carbonyl (C=O) groups is 2. The normalized spacial score (nSPS) is 20.0. The Balaban J connectivity index is 2.01. The Morgan fingerprint density at radius 2 is 1.81 bits per heavy atom. The molecule has 0 radical (unpaired) electrons. The average molecular weight is 398 g/mol. The smallest absolute Gasteiger partial charge is 0.340 e. The topological polar surface area (TPSA) is 111 Å². The monoisotopic (exact) mass is 398 g/mol. The molecule has 0 unspecified atom stereocenters. The molecule has 1 saturated carbocycles. The van der Waals surface area contributed by atoms with E-state index in [1.807, 2.05) is 0 Å². The van der Waals surface area contributed by atoms with E-state index in [0.717, 1.165) is 0 Å². The third-order valence-electron chi connectivity index (χ3n) is 4.71. The number of hydrogen-bond acceptors (Lipinski definition) is 6. The lowest BCUT2D eigenvalue weighted by molar-refractivity contribution is -0.120. The van der Waals surface area contributed by atoms with Gasteiger partial charge in [-0.25, -0.2) is 17.9 Å². The van der Waals surface area contributed by atoms with E-state index in [9.17, 15) is 18.0 Å². The first-order valence-electron chi connectivity index (χ1n) is 8.86. The maximum atomic E-state index is 12.6. The fourth-order valence-corrected chi connectivity index (χ4v) is 3.99. The van der Waals surface area contributed by atoms with Gasteiger partial charge >= 0.3 is 5.97 Å². The Morgan fingerprint density at radius 1 is 1.15 bits per heavy atom. The van der Waals surface area contributed by atoms with E-state index in [-0.39, 0.29) is 29.2 Å². The third-order valence-corrected chi connectivity index (χ3v) is 6.17. The van der Waals surface area contributed by atoms with Crippen LogP contribution in [0.1, 0.15) is 43.0 Å². The zero-order valence-electron chi connectivity index (χ0n) is 15.8. The molecule has 2 N–H and O–H groups in total. The van der Waals surface area contributed by atoms with Crippen LogP contribution >= 0.6 is 0 Å². The van der Waals surface area contributed by atoms with Gasteiger partial charge in [0, 0.05) is 12.0 Å². The summed E-state index contributed by atoms with van der Waals surface area (Å²) >= 11 is 0. The number of sulfonamides is 1. The van der Waals surface area contributed by atoms with Crippen LogP contribution in [0.25, 0.3) is 0 Å². The van der Waals surface area contributed by atoms with Crippen molar-refractivity contribution in [3.63, 3.8) is 0 Å². The van der Waals surface area contributed by atoms with Crippen molar-refractivity contribution in [3.8, 4) is 5.75 Å². The van der Waals surface area contributed by atoms with Crippen molar-refractivity contribution < 1.29 is 27.5 Å². The third kappa shape index (κ3) is 5.67. The molecule has 27 heavy (non-hydrogen) atoms. The summed E-state index contributed by atoms with van der Waals surface area (Å²) in [6, 6.07) is 4.63. The van der Waals surface area contributed by atoms with Crippen molar-refractivity contribution in [2.45, 2.75) is 38.6 Å². The van der Waals surface area contributed by atoms with Crippen LogP contribution in [0.3, 0.4) is 0 Å². The van der Waals surface area contributed by atoms with Gasteiger partial charge in [-0.15, -0.1) is 0 Å². The van der Waals surface area contributed by atoms with Gasteiger partial charge in [0.25, 0.3) is 0 Å². The summed E-state index contributed by atoms with van der Waals surface area (Å²) in [5.41, 5.74) is 0.580. The summed E-state index contributed by atoms with van der Waals surface area (Å²) in [6.07, 6.45) is 2.35. The van der Waals surface area contributed by atoms with Crippen LogP contribution in [0.5, 0.6) is 5.75 Å². The van der Waals surface area contributed by atoms with Gasteiger partial charge in [-0.2, -0.15) is 0 Å². The van der Waals surface area contributed by atoms with E-state index in [2.05, 4.69) is 10.0 Å². The molecule has 0 saturated heterocycles. The van der Waals surface area contributed by atoms with Crippen molar-refractivity contribution in [1.29, 1.82) is 0 Å². The second-order valence-corrected chi connectivity index (χ2v) is 8.50. The summed E-state index contributed by atoms with van der Waals surface area (Å²) in [6.45, 7) is 1.59. The maximum absolute atomic E-state index is 12.6.